The van der Waals surface area contributed by atoms with Crippen LogP contribution in [-0.2, 0) is 9.53 Å². The largest absolute Gasteiger partial charge is 0.482 e. The molecule has 1 aliphatic heterocycles. The molecule has 0 aromatic heterocycles. The summed E-state index contributed by atoms with van der Waals surface area (Å²) in [6, 6.07) is 3.88. The molecule has 110 valence electrons. The Morgan fingerprint density at radius 3 is 2.90 bits per heavy atom. The quantitative estimate of drug-likeness (QED) is 0.798. The van der Waals surface area contributed by atoms with E-state index in [1.54, 1.807) is 13.2 Å². The van der Waals surface area contributed by atoms with Crippen LogP contribution < -0.4 is 20.7 Å². The van der Waals surface area contributed by atoms with Gasteiger partial charge in [-0.05, 0) is 19.9 Å². The van der Waals surface area contributed by atoms with Gasteiger partial charge in [-0.15, -0.1) is 0 Å². The normalized spacial score (nSPS) is 13.7. The topological polar surface area (TPSA) is 76.8 Å². The SMILES string of the molecule is COCCN(c1cc2c(cc1N)OCC(=O)N2)C(C)C. The minimum atomic E-state index is -0.152. The highest BCUT2D eigenvalue weighted by molar-refractivity contribution is 5.97. The van der Waals surface area contributed by atoms with Gasteiger partial charge < -0.3 is 25.4 Å². The fourth-order valence-electron chi connectivity index (χ4n) is 2.23. The molecular formula is C14H21N3O3. The van der Waals surface area contributed by atoms with Crippen molar-refractivity contribution in [1.29, 1.82) is 0 Å². The van der Waals surface area contributed by atoms with Crippen LogP contribution in [0.2, 0.25) is 0 Å². The van der Waals surface area contributed by atoms with Gasteiger partial charge in [-0.25, -0.2) is 0 Å². The standard InChI is InChI=1S/C14H21N3O3/c1-9(2)17(4-5-19-3)12-7-11-13(6-10(12)15)20-8-14(18)16-11/h6-7,9H,4-5,8,15H2,1-3H3,(H,16,18). The highest BCUT2D eigenvalue weighted by atomic mass is 16.5. The Balaban J connectivity index is 2.34. The van der Waals surface area contributed by atoms with Crippen LogP contribution in [0.25, 0.3) is 0 Å². The van der Waals surface area contributed by atoms with Crippen LogP contribution in [-0.4, -0.2) is 38.8 Å². The molecule has 3 N–H and O–H groups in total. The molecule has 6 nitrogen and oxygen atoms in total. The number of hydrogen-bond acceptors (Lipinski definition) is 5. The molecule has 1 aromatic carbocycles. The smallest absolute Gasteiger partial charge is 0.262 e. The first kappa shape index (κ1) is 14.5. The van der Waals surface area contributed by atoms with Crippen LogP contribution in [0.1, 0.15) is 13.8 Å². The Morgan fingerprint density at radius 1 is 1.50 bits per heavy atom. The lowest BCUT2D eigenvalue weighted by Gasteiger charge is -2.31. The van der Waals surface area contributed by atoms with Crippen molar-refractivity contribution < 1.29 is 14.3 Å². The van der Waals surface area contributed by atoms with Gasteiger partial charge in [0.15, 0.2) is 6.61 Å². The highest BCUT2D eigenvalue weighted by Crippen LogP contribution is 2.37. The number of amides is 1. The molecule has 1 heterocycles. The second kappa shape index (κ2) is 6.00. The summed E-state index contributed by atoms with van der Waals surface area (Å²) in [5.41, 5.74) is 8.28. The average molecular weight is 279 g/mol. The number of hydrogen-bond donors (Lipinski definition) is 2. The molecule has 0 saturated heterocycles. The zero-order valence-electron chi connectivity index (χ0n) is 12.1. The van der Waals surface area contributed by atoms with Gasteiger partial charge >= 0.3 is 0 Å². The molecule has 0 atom stereocenters. The number of carbonyl (C=O) groups excluding carboxylic acids is 1. The summed E-state index contributed by atoms with van der Waals surface area (Å²) in [5.74, 6) is 0.461. The number of fused-ring (bicyclic) bond motifs is 1. The van der Waals surface area contributed by atoms with Crippen molar-refractivity contribution in [2.45, 2.75) is 19.9 Å². The lowest BCUT2D eigenvalue weighted by molar-refractivity contribution is -0.118. The van der Waals surface area contributed by atoms with Crippen LogP contribution in [0.5, 0.6) is 5.75 Å². The number of anilines is 3. The van der Waals surface area contributed by atoms with Gasteiger partial charge in [0.25, 0.3) is 5.91 Å². The third-order valence-electron chi connectivity index (χ3n) is 3.23. The van der Waals surface area contributed by atoms with Crippen LogP contribution in [0.3, 0.4) is 0 Å². The van der Waals surface area contributed by atoms with Crippen LogP contribution >= 0.6 is 0 Å². The van der Waals surface area contributed by atoms with E-state index in [1.165, 1.54) is 0 Å². The minimum absolute atomic E-state index is 0.0311. The van der Waals surface area contributed by atoms with E-state index in [0.29, 0.717) is 23.7 Å². The molecule has 1 amide bonds. The Morgan fingerprint density at radius 2 is 2.25 bits per heavy atom. The summed E-state index contributed by atoms with van der Waals surface area (Å²) in [5, 5.41) is 2.80. The first-order chi connectivity index (χ1) is 9.52. The molecular weight excluding hydrogens is 258 g/mol. The summed E-state index contributed by atoms with van der Waals surface area (Å²) in [6.07, 6.45) is 0. The maximum Gasteiger partial charge on any atom is 0.262 e. The first-order valence-corrected chi connectivity index (χ1v) is 6.64. The summed E-state index contributed by atoms with van der Waals surface area (Å²) in [6.45, 7) is 5.54. The van der Waals surface area contributed by atoms with Gasteiger partial charge in [0.2, 0.25) is 0 Å². The molecule has 0 saturated carbocycles. The molecule has 0 aliphatic carbocycles. The zero-order valence-corrected chi connectivity index (χ0v) is 12.1. The maximum atomic E-state index is 11.4. The van der Waals surface area contributed by atoms with E-state index in [2.05, 4.69) is 24.1 Å². The number of benzene rings is 1. The Hall–Kier alpha value is -1.95. The number of carbonyl (C=O) groups is 1. The van der Waals surface area contributed by atoms with Crippen molar-refractivity contribution in [3.05, 3.63) is 12.1 Å². The van der Waals surface area contributed by atoms with Gasteiger partial charge in [-0.3, -0.25) is 4.79 Å². The van der Waals surface area contributed by atoms with Gasteiger partial charge in [0.1, 0.15) is 5.75 Å². The van der Waals surface area contributed by atoms with Crippen molar-refractivity contribution in [2.75, 3.05) is 42.8 Å². The summed E-state index contributed by atoms with van der Waals surface area (Å²) < 4.78 is 10.5. The molecule has 0 unspecified atom stereocenters. The molecule has 0 bridgehead atoms. The van der Waals surface area contributed by atoms with E-state index in [9.17, 15) is 4.79 Å². The second-order valence-electron chi connectivity index (χ2n) is 5.02. The van der Waals surface area contributed by atoms with Crippen molar-refractivity contribution in [1.82, 2.24) is 0 Å². The maximum absolute atomic E-state index is 11.4. The predicted molar refractivity (Wildman–Crippen MR) is 79.3 cm³/mol. The Bertz CT molecular complexity index is 503. The minimum Gasteiger partial charge on any atom is -0.482 e. The molecule has 6 heteroatoms. The predicted octanol–water partition coefficient (Wildman–Crippen LogP) is 1.46. The lowest BCUT2D eigenvalue weighted by atomic mass is 10.1. The second-order valence-corrected chi connectivity index (χ2v) is 5.02. The number of ether oxygens (including phenoxy) is 2. The molecule has 1 aromatic rings. The van der Waals surface area contributed by atoms with Gasteiger partial charge in [0, 0.05) is 25.8 Å². The number of nitrogens with zero attached hydrogens (tertiary/aromatic N) is 1. The van der Waals surface area contributed by atoms with E-state index in [1.807, 2.05) is 6.07 Å². The van der Waals surface area contributed by atoms with Crippen molar-refractivity contribution in [3.8, 4) is 5.75 Å². The third kappa shape index (κ3) is 2.96. The molecule has 0 radical (unpaired) electrons. The average Bonchev–Trinajstić information content (AvgIpc) is 2.39. The Labute approximate surface area is 118 Å². The van der Waals surface area contributed by atoms with E-state index in [4.69, 9.17) is 15.2 Å². The van der Waals surface area contributed by atoms with Crippen molar-refractivity contribution >= 4 is 23.0 Å². The van der Waals surface area contributed by atoms with Gasteiger partial charge in [-0.1, -0.05) is 0 Å². The fourth-order valence-corrected chi connectivity index (χ4v) is 2.23. The van der Waals surface area contributed by atoms with Crippen LogP contribution in [0.15, 0.2) is 12.1 Å². The van der Waals surface area contributed by atoms with Gasteiger partial charge in [-0.2, -0.15) is 0 Å². The zero-order chi connectivity index (χ0) is 14.7. The lowest BCUT2D eigenvalue weighted by Crippen LogP contribution is -2.35. The van der Waals surface area contributed by atoms with Crippen LogP contribution in [0.4, 0.5) is 17.1 Å². The molecule has 1 aliphatic rings. The first-order valence-electron chi connectivity index (χ1n) is 6.64. The summed E-state index contributed by atoms with van der Waals surface area (Å²) in [7, 11) is 1.67. The number of nitrogen functional groups attached to an aromatic ring is 1. The van der Waals surface area contributed by atoms with E-state index < -0.39 is 0 Å². The molecule has 2 rings (SSSR count). The summed E-state index contributed by atoms with van der Waals surface area (Å²) >= 11 is 0. The number of rotatable bonds is 5. The number of nitrogens with two attached hydrogens (primary N) is 1. The van der Waals surface area contributed by atoms with Crippen LogP contribution in [0, 0.1) is 0 Å². The van der Waals surface area contributed by atoms with E-state index in [0.717, 1.165) is 12.2 Å². The molecule has 0 fully saturated rings. The van der Waals surface area contributed by atoms with Crippen molar-refractivity contribution in [3.63, 3.8) is 0 Å². The fraction of sp³-hybridized carbons (Fsp3) is 0.500. The molecule has 0 spiro atoms. The monoisotopic (exact) mass is 279 g/mol. The molecule has 20 heavy (non-hydrogen) atoms. The van der Waals surface area contributed by atoms with E-state index >= 15 is 0 Å². The summed E-state index contributed by atoms with van der Waals surface area (Å²) in [4.78, 5) is 13.5. The van der Waals surface area contributed by atoms with Crippen molar-refractivity contribution in [2.24, 2.45) is 0 Å². The number of nitrogens with one attached hydrogen (secondary N) is 1. The third-order valence-corrected chi connectivity index (χ3v) is 3.23. The highest BCUT2D eigenvalue weighted by Gasteiger charge is 2.21. The number of methoxy groups -OCH3 is 1. The van der Waals surface area contributed by atoms with E-state index in [-0.39, 0.29) is 18.6 Å². The Kier molecular flexibility index (Phi) is 4.34. The van der Waals surface area contributed by atoms with Gasteiger partial charge in [0.05, 0.1) is 23.7 Å².